The van der Waals surface area contributed by atoms with Crippen LogP contribution >= 0.6 is 0 Å². The standard InChI is InChI=1S/C20H22N4O6/c1-21-15(25)13(16(26)22(2)19(21)29)9-11-6-5-7-12(8-11)10-14-17(27)23(3)20(30)24(4)18(14)28/h5-8,25,27H,9-10H2,1-4H3. The van der Waals surface area contributed by atoms with Crippen molar-refractivity contribution >= 4 is 0 Å². The predicted octanol–water partition coefficient (Wildman–Crippen LogP) is -0.926. The van der Waals surface area contributed by atoms with Gasteiger partial charge in [-0.3, -0.25) is 27.9 Å². The molecule has 3 rings (SSSR count). The summed E-state index contributed by atoms with van der Waals surface area (Å²) >= 11 is 0. The average Bonchev–Trinajstić information content (AvgIpc) is 2.74. The second kappa shape index (κ2) is 7.54. The quantitative estimate of drug-likeness (QED) is 0.568. The van der Waals surface area contributed by atoms with Gasteiger partial charge in [-0.15, -0.1) is 0 Å². The fourth-order valence-corrected chi connectivity index (χ4v) is 3.37. The van der Waals surface area contributed by atoms with Crippen LogP contribution in [0.5, 0.6) is 11.8 Å². The van der Waals surface area contributed by atoms with E-state index in [1.807, 2.05) is 0 Å². The molecule has 2 N–H and O–H groups in total. The van der Waals surface area contributed by atoms with Gasteiger partial charge in [0.2, 0.25) is 11.8 Å². The molecule has 1 aromatic carbocycles. The molecule has 0 atom stereocenters. The Hall–Kier alpha value is -3.82. The minimum absolute atomic E-state index is 0.0672. The molecule has 10 heteroatoms. The summed E-state index contributed by atoms with van der Waals surface area (Å²) in [4.78, 5) is 48.6. The van der Waals surface area contributed by atoms with Crippen molar-refractivity contribution in [2.45, 2.75) is 12.8 Å². The number of hydrogen-bond donors (Lipinski definition) is 2. The van der Waals surface area contributed by atoms with Gasteiger partial charge in [0, 0.05) is 41.0 Å². The summed E-state index contributed by atoms with van der Waals surface area (Å²) in [6.07, 6.45) is 0.134. The van der Waals surface area contributed by atoms with E-state index in [4.69, 9.17) is 0 Å². The number of aromatic hydroxyl groups is 2. The fraction of sp³-hybridized carbons (Fsp3) is 0.300. The Morgan fingerprint density at radius 2 is 1.03 bits per heavy atom. The van der Waals surface area contributed by atoms with E-state index >= 15 is 0 Å². The highest BCUT2D eigenvalue weighted by molar-refractivity contribution is 5.36. The SMILES string of the molecule is Cn1c(O)c(Cc2cccc(Cc3c(O)n(C)c(=O)n(C)c3=O)c2)c(=O)n(C)c1=O. The van der Waals surface area contributed by atoms with Gasteiger partial charge >= 0.3 is 11.4 Å². The van der Waals surface area contributed by atoms with Gasteiger partial charge < -0.3 is 10.2 Å². The van der Waals surface area contributed by atoms with Crippen molar-refractivity contribution in [2.24, 2.45) is 28.2 Å². The molecule has 0 amide bonds. The highest BCUT2D eigenvalue weighted by atomic mass is 16.3. The van der Waals surface area contributed by atoms with Gasteiger partial charge in [0.25, 0.3) is 11.1 Å². The molecule has 0 aliphatic rings. The Morgan fingerprint density at radius 3 is 1.40 bits per heavy atom. The predicted molar refractivity (Wildman–Crippen MR) is 109 cm³/mol. The lowest BCUT2D eigenvalue weighted by atomic mass is 10.0. The largest absolute Gasteiger partial charge is 0.494 e. The van der Waals surface area contributed by atoms with E-state index in [1.54, 1.807) is 24.3 Å². The third-order valence-corrected chi connectivity index (χ3v) is 5.20. The van der Waals surface area contributed by atoms with Gasteiger partial charge in [0.15, 0.2) is 0 Å². The highest BCUT2D eigenvalue weighted by Crippen LogP contribution is 2.19. The lowest BCUT2D eigenvalue weighted by Gasteiger charge is -2.12. The van der Waals surface area contributed by atoms with Gasteiger partial charge in [-0.2, -0.15) is 0 Å². The molecule has 0 radical (unpaired) electrons. The summed E-state index contributed by atoms with van der Waals surface area (Å²) in [5.74, 6) is -0.809. The minimum Gasteiger partial charge on any atom is -0.494 e. The molecular formula is C20H22N4O6. The van der Waals surface area contributed by atoms with Crippen LogP contribution in [0.3, 0.4) is 0 Å². The number of rotatable bonds is 4. The topological polar surface area (TPSA) is 128 Å². The first-order valence-corrected chi connectivity index (χ1v) is 9.08. The molecule has 0 saturated carbocycles. The molecule has 158 valence electrons. The summed E-state index contributed by atoms with van der Waals surface area (Å²) in [7, 11) is 5.41. The maximum absolute atomic E-state index is 12.4. The molecule has 2 aromatic heterocycles. The summed E-state index contributed by atoms with van der Waals surface area (Å²) in [5.41, 5.74) is -0.974. The fourth-order valence-electron chi connectivity index (χ4n) is 3.37. The lowest BCUT2D eigenvalue weighted by Crippen LogP contribution is -2.38. The van der Waals surface area contributed by atoms with Crippen LogP contribution in [0.25, 0.3) is 0 Å². The molecule has 0 spiro atoms. The van der Waals surface area contributed by atoms with Crippen LogP contribution in [0, 0.1) is 0 Å². The second-order valence-corrected chi connectivity index (χ2v) is 7.19. The summed E-state index contributed by atoms with van der Waals surface area (Å²) in [6.45, 7) is 0. The number of nitrogens with zero attached hydrogens (tertiary/aromatic N) is 4. The van der Waals surface area contributed by atoms with E-state index in [0.29, 0.717) is 11.1 Å². The van der Waals surface area contributed by atoms with Crippen molar-refractivity contribution in [1.82, 2.24) is 18.3 Å². The normalized spacial score (nSPS) is 11.1. The molecule has 0 aliphatic heterocycles. The van der Waals surface area contributed by atoms with Crippen molar-refractivity contribution in [1.29, 1.82) is 0 Å². The van der Waals surface area contributed by atoms with Crippen molar-refractivity contribution in [2.75, 3.05) is 0 Å². The Labute approximate surface area is 170 Å². The number of hydrogen-bond acceptors (Lipinski definition) is 6. The van der Waals surface area contributed by atoms with Gasteiger partial charge in [-0.05, 0) is 11.1 Å². The van der Waals surface area contributed by atoms with Crippen LogP contribution < -0.4 is 22.5 Å². The zero-order valence-electron chi connectivity index (χ0n) is 17.0. The summed E-state index contributed by atoms with van der Waals surface area (Å²) < 4.78 is 3.83. The van der Waals surface area contributed by atoms with E-state index < -0.39 is 34.3 Å². The van der Waals surface area contributed by atoms with Gasteiger partial charge in [-0.1, -0.05) is 24.3 Å². The molecular weight excluding hydrogens is 392 g/mol. The van der Waals surface area contributed by atoms with Crippen molar-refractivity contribution in [3.63, 3.8) is 0 Å². The first kappa shape index (κ1) is 20.9. The minimum atomic E-state index is -0.629. The van der Waals surface area contributed by atoms with Crippen LogP contribution in [0.2, 0.25) is 0 Å². The van der Waals surface area contributed by atoms with E-state index in [9.17, 15) is 29.4 Å². The van der Waals surface area contributed by atoms with Crippen molar-refractivity contribution in [3.05, 3.63) is 88.2 Å². The molecule has 0 bridgehead atoms. The van der Waals surface area contributed by atoms with Crippen LogP contribution in [0.1, 0.15) is 22.3 Å². The molecule has 0 saturated heterocycles. The monoisotopic (exact) mass is 414 g/mol. The molecule has 2 heterocycles. The van der Waals surface area contributed by atoms with Gasteiger partial charge in [0.05, 0.1) is 11.1 Å². The first-order chi connectivity index (χ1) is 14.0. The smallest absolute Gasteiger partial charge is 0.333 e. The van der Waals surface area contributed by atoms with E-state index in [0.717, 1.165) is 18.3 Å². The van der Waals surface area contributed by atoms with Crippen molar-refractivity contribution in [3.8, 4) is 11.8 Å². The van der Waals surface area contributed by atoms with E-state index in [-0.39, 0.29) is 24.0 Å². The third kappa shape index (κ3) is 3.36. The van der Waals surface area contributed by atoms with Gasteiger partial charge in [0.1, 0.15) is 0 Å². The van der Waals surface area contributed by atoms with Crippen LogP contribution in [-0.4, -0.2) is 28.5 Å². The molecule has 0 unspecified atom stereocenters. The summed E-state index contributed by atoms with van der Waals surface area (Å²) in [5, 5.41) is 20.5. The highest BCUT2D eigenvalue weighted by Gasteiger charge is 2.17. The maximum atomic E-state index is 12.4. The van der Waals surface area contributed by atoms with Gasteiger partial charge in [-0.25, -0.2) is 9.59 Å². The van der Waals surface area contributed by atoms with E-state index in [1.165, 1.54) is 28.2 Å². The number of benzene rings is 1. The Balaban J connectivity index is 2.03. The van der Waals surface area contributed by atoms with E-state index in [2.05, 4.69) is 0 Å². The molecule has 0 fully saturated rings. The van der Waals surface area contributed by atoms with Crippen molar-refractivity contribution < 1.29 is 10.2 Å². The molecule has 10 nitrogen and oxygen atoms in total. The molecule has 3 aromatic rings. The van der Waals surface area contributed by atoms with Crippen LogP contribution in [-0.2, 0) is 41.0 Å². The summed E-state index contributed by atoms with van der Waals surface area (Å²) in [6, 6.07) is 6.93. The molecule has 30 heavy (non-hydrogen) atoms. The number of aromatic nitrogens is 4. The third-order valence-electron chi connectivity index (χ3n) is 5.20. The lowest BCUT2D eigenvalue weighted by molar-refractivity contribution is 0.404. The first-order valence-electron chi connectivity index (χ1n) is 9.08. The molecule has 0 aliphatic carbocycles. The zero-order valence-corrected chi connectivity index (χ0v) is 17.0. The second-order valence-electron chi connectivity index (χ2n) is 7.19. The van der Waals surface area contributed by atoms with Crippen LogP contribution in [0.15, 0.2) is 43.4 Å². The average molecular weight is 414 g/mol. The Morgan fingerprint density at radius 1 is 0.667 bits per heavy atom. The zero-order chi connectivity index (χ0) is 22.3. The van der Waals surface area contributed by atoms with Crippen LogP contribution in [0.4, 0.5) is 0 Å². The Kier molecular flexibility index (Phi) is 5.26. The maximum Gasteiger partial charge on any atom is 0.333 e. The Bertz CT molecular complexity index is 1290.